The van der Waals surface area contributed by atoms with Crippen molar-refractivity contribution in [3.63, 3.8) is 0 Å². The topological polar surface area (TPSA) is 102 Å². The highest BCUT2D eigenvalue weighted by Gasteiger charge is 2.34. The number of nitrogens with zero attached hydrogens (tertiary/aromatic N) is 3. The molecule has 0 fully saturated rings. The third kappa shape index (κ3) is 3.80. The molecule has 1 rings (SSSR count). The Balaban J connectivity index is 3.18. The summed E-state index contributed by atoms with van der Waals surface area (Å²) >= 11 is 0. The highest BCUT2D eigenvalue weighted by atomic mass is 19.4. The van der Waals surface area contributed by atoms with E-state index in [2.05, 4.69) is 4.98 Å². The van der Waals surface area contributed by atoms with Crippen LogP contribution in [0.4, 0.5) is 24.7 Å². The van der Waals surface area contributed by atoms with E-state index in [4.69, 9.17) is 5.73 Å². The van der Waals surface area contributed by atoms with Gasteiger partial charge in [0.05, 0.1) is 4.92 Å². The number of halogens is 3. The Labute approximate surface area is 111 Å². The number of aromatic nitrogens is 1. The molecule has 0 unspecified atom stereocenters. The molecule has 0 saturated carbocycles. The van der Waals surface area contributed by atoms with Gasteiger partial charge in [-0.3, -0.25) is 14.9 Å². The predicted molar refractivity (Wildman–Crippen MR) is 62.9 cm³/mol. The summed E-state index contributed by atoms with van der Waals surface area (Å²) in [6.45, 7) is -0.417. The van der Waals surface area contributed by atoms with Crippen LogP contribution in [0.1, 0.15) is 17.3 Å². The van der Waals surface area contributed by atoms with Gasteiger partial charge < -0.3 is 10.6 Å². The number of nitro groups is 1. The number of hydrogen-bond donors (Lipinski definition) is 1. The zero-order valence-electron chi connectivity index (χ0n) is 10.3. The molecular formula is C10H11F3N4O3. The molecule has 1 aromatic rings. The quantitative estimate of drug-likeness (QED) is 0.670. The fourth-order valence-electron chi connectivity index (χ4n) is 1.50. The summed E-state index contributed by atoms with van der Waals surface area (Å²) in [4.78, 5) is 25.7. The highest BCUT2D eigenvalue weighted by molar-refractivity contribution is 5.98. The van der Waals surface area contributed by atoms with Gasteiger partial charge in [-0.1, -0.05) is 0 Å². The normalized spacial score (nSPS) is 11.2. The van der Waals surface area contributed by atoms with Gasteiger partial charge in [0.25, 0.3) is 11.6 Å². The van der Waals surface area contributed by atoms with Crippen molar-refractivity contribution in [2.75, 3.05) is 18.8 Å². The summed E-state index contributed by atoms with van der Waals surface area (Å²) in [6.07, 6.45) is -3.86. The first-order valence-corrected chi connectivity index (χ1v) is 5.41. The third-order valence-electron chi connectivity index (χ3n) is 2.37. The van der Waals surface area contributed by atoms with Crippen LogP contribution in [0.5, 0.6) is 0 Å². The first kappa shape index (κ1) is 15.7. The van der Waals surface area contributed by atoms with Crippen molar-refractivity contribution in [2.45, 2.75) is 13.1 Å². The molecule has 0 atom stereocenters. The highest BCUT2D eigenvalue weighted by Crippen LogP contribution is 2.23. The van der Waals surface area contributed by atoms with Gasteiger partial charge >= 0.3 is 6.18 Å². The summed E-state index contributed by atoms with van der Waals surface area (Å²) in [6, 6.07) is 0.888. The first-order valence-electron chi connectivity index (χ1n) is 5.41. The molecule has 0 spiro atoms. The molecule has 10 heteroatoms. The number of pyridine rings is 1. The molecular weight excluding hydrogens is 281 g/mol. The van der Waals surface area contributed by atoms with E-state index in [-0.39, 0.29) is 12.4 Å². The van der Waals surface area contributed by atoms with Crippen LogP contribution in [-0.4, -0.2) is 40.0 Å². The van der Waals surface area contributed by atoms with Crippen LogP contribution in [-0.2, 0) is 0 Å². The van der Waals surface area contributed by atoms with E-state index in [1.165, 1.54) is 6.92 Å². The number of carbonyl (C=O) groups excluding carboxylic acids is 1. The molecule has 2 N–H and O–H groups in total. The number of carbonyl (C=O) groups is 1. The fraction of sp³-hybridized carbons (Fsp3) is 0.400. The van der Waals surface area contributed by atoms with Crippen LogP contribution in [0.3, 0.4) is 0 Å². The number of rotatable bonds is 4. The minimum Gasteiger partial charge on any atom is -0.384 e. The van der Waals surface area contributed by atoms with E-state index in [1.807, 2.05) is 0 Å². The zero-order valence-corrected chi connectivity index (χ0v) is 10.3. The Morgan fingerprint density at radius 3 is 2.60 bits per heavy atom. The van der Waals surface area contributed by atoms with Gasteiger partial charge in [-0.15, -0.1) is 0 Å². The number of alkyl halides is 3. The molecule has 20 heavy (non-hydrogen) atoms. The Morgan fingerprint density at radius 1 is 1.55 bits per heavy atom. The van der Waals surface area contributed by atoms with Crippen molar-refractivity contribution in [1.29, 1.82) is 0 Å². The predicted octanol–water partition coefficient (Wildman–Crippen LogP) is 1.60. The van der Waals surface area contributed by atoms with E-state index < -0.39 is 34.8 Å². The number of hydrogen-bond acceptors (Lipinski definition) is 5. The van der Waals surface area contributed by atoms with Crippen LogP contribution in [0.2, 0.25) is 0 Å². The molecule has 1 amide bonds. The van der Waals surface area contributed by atoms with Crippen molar-refractivity contribution < 1.29 is 22.9 Å². The second-order valence-electron chi connectivity index (χ2n) is 3.82. The minimum atomic E-state index is -4.60. The second-order valence-corrected chi connectivity index (χ2v) is 3.82. The molecule has 1 heterocycles. The van der Waals surface area contributed by atoms with E-state index in [1.54, 1.807) is 0 Å². The van der Waals surface area contributed by atoms with E-state index in [9.17, 15) is 28.1 Å². The summed E-state index contributed by atoms with van der Waals surface area (Å²) in [5.41, 5.74) is 4.10. The molecule has 110 valence electrons. The Kier molecular flexibility index (Phi) is 4.48. The van der Waals surface area contributed by atoms with Crippen LogP contribution < -0.4 is 5.73 Å². The van der Waals surface area contributed by atoms with E-state index in [0.29, 0.717) is 4.90 Å². The van der Waals surface area contributed by atoms with Crippen LogP contribution in [0.25, 0.3) is 0 Å². The van der Waals surface area contributed by atoms with Crippen molar-refractivity contribution in [3.05, 3.63) is 27.9 Å². The number of amides is 1. The Hall–Kier alpha value is -2.39. The fourth-order valence-corrected chi connectivity index (χ4v) is 1.50. The molecule has 0 bridgehead atoms. The van der Waals surface area contributed by atoms with Gasteiger partial charge in [0.15, 0.2) is 0 Å². The van der Waals surface area contributed by atoms with Gasteiger partial charge in [-0.05, 0) is 13.0 Å². The van der Waals surface area contributed by atoms with Gasteiger partial charge in [0, 0.05) is 6.54 Å². The first-order chi connectivity index (χ1) is 9.15. The number of nitrogen functional groups attached to an aromatic ring is 1. The number of nitrogens with two attached hydrogens (primary N) is 1. The van der Waals surface area contributed by atoms with Crippen LogP contribution in [0, 0.1) is 10.1 Å². The van der Waals surface area contributed by atoms with Crippen LogP contribution in [0.15, 0.2) is 12.3 Å². The van der Waals surface area contributed by atoms with Gasteiger partial charge in [-0.2, -0.15) is 13.2 Å². The lowest BCUT2D eigenvalue weighted by atomic mass is 10.2. The molecule has 0 aliphatic carbocycles. The average molecular weight is 292 g/mol. The smallest absolute Gasteiger partial charge is 0.384 e. The average Bonchev–Trinajstić information content (AvgIpc) is 2.33. The molecule has 0 aliphatic rings. The molecule has 7 nitrogen and oxygen atoms in total. The van der Waals surface area contributed by atoms with Crippen molar-refractivity contribution in [3.8, 4) is 0 Å². The van der Waals surface area contributed by atoms with Gasteiger partial charge in [0.1, 0.15) is 24.1 Å². The third-order valence-corrected chi connectivity index (χ3v) is 2.37. The maximum Gasteiger partial charge on any atom is 0.406 e. The molecule has 1 aromatic heterocycles. The van der Waals surface area contributed by atoms with Crippen molar-refractivity contribution >= 4 is 17.4 Å². The Bertz CT molecular complexity index is 533. The summed E-state index contributed by atoms with van der Waals surface area (Å²) in [5.74, 6) is -1.31. The maximum atomic E-state index is 12.3. The summed E-state index contributed by atoms with van der Waals surface area (Å²) < 4.78 is 37.0. The van der Waals surface area contributed by atoms with E-state index in [0.717, 1.165) is 12.3 Å². The second kappa shape index (κ2) is 5.72. The molecule has 0 aliphatic heterocycles. The maximum absolute atomic E-state index is 12.3. The minimum absolute atomic E-state index is 0.193. The number of anilines is 1. The lowest BCUT2D eigenvalue weighted by molar-refractivity contribution is -0.385. The monoisotopic (exact) mass is 292 g/mol. The van der Waals surface area contributed by atoms with Gasteiger partial charge in [0.2, 0.25) is 0 Å². The lowest BCUT2D eigenvalue weighted by Crippen LogP contribution is -2.39. The van der Waals surface area contributed by atoms with E-state index >= 15 is 0 Å². The van der Waals surface area contributed by atoms with Gasteiger partial charge in [-0.25, -0.2) is 4.98 Å². The standard InChI is InChI=1S/C10H11F3N4O3/c1-2-16(5-10(11,12)13)9(18)6-3-8(14)15-4-7(6)17(19)20/h3-4H,2,5H2,1H3,(H2,14,15). The Morgan fingerprint density at radius 2 is 2.15 bits per heavy atom. The van der Waals surface area contributed by atoms with Crippen molar-refractivity contribution in [1.82, 2.24) is 9.88 Å². The summed E-state index contributed by atoms with van der Waals surface area (Å²) in [5, 5.41) is 10.8. The lowest BCUT2D eigenvalue weighted by Gasteiger charge is -2.22. The molecule has 0 aromatic carbocycles. The summed E-state index contributed by atoms with van der Waals surface area (Å²) in [7, 11) is 0. The SMILES string of the molecule is CCN(CC(F)(F)F)C(=O)c1cc(N)ncc1[N+](=O)[O-]. The van der Waals surface area contributed by atoms with Crippen molar-refractivity contribution in [2.24, 2.45) is 0 Å². The van der Waals surface area contributed by atoms with Crippen LogP contribution >= 0.6 is 0 Å². The molecule has 0 radical (unpaired) electrons. The largest absolute Gasteiger partial charge is 0.406 e. The zero-order chi connectivity index (χ0) is 15.5. The molecule has 0 saturated heterocycles.